The lowest BCUT2D eigenvalue weighted by Gasteiger charge is -2.40. The lowest BCUT2D eigenvalue weighted by atomic mass is 9.99. The number of benzene rings is 3. The zero-order valence-electron chi connectivity index (χ0n) is 20.9. The molecule has 6 aromatic rings. The molecule has 186 valence electrons. The van der Waals surface area contributed by atoms with E-state index in [1.807, 2.05) is 41.2 Å². The van der Waals surface area contributed by atoms with E-state index in [9.17, 15) is 0 Å². The topological polar surface area (TPSA) is 63.0 Å². The van der Waals surface area contributed by atoms with Crippen LogP contribution in [0.25, 0.3) is 27.6 Å². The first kappa shape index (κ1) is 22.6. The Morgan fingerprint density at radius 1 is 0.684 bits per heavy atom. The van der Waals surface area contributed by atoms with Gasteiger partial charge < -0.3 is 4.90 Å². The quantitative estimate of drug-likeness (QED) is 0.323. The van der Waals surface area contributed by atoms with E-state index in [0.717, 1.165) is 65.3 Å². The summed E-state index contributed by atoms with van der Waals surface area (Å²) in [6.07, 6.45) is 3.53. The van der Waals surface area contributed by atoms with E-state index in [1.165, 1.54) is 5.56 Å². The lowest BCUT2D eigenvalue weighted by Crippen LogP contribution is -2.48. The monoisotopic (exact) mass is 497 g/mol. The van der Waals surface area contributed by atoms with Crippen molar-refractivity contribution in [2.75, 3.05) is 31.1 Å². The number of fused-ring (bicyclic) bond motifs is 2. The predicted molar refractivity (Wildman–Crippen MR) is 150 cm³/mol. The summed E-state index contributed by atoms with van der Waals surface area (Å²) in [6, 6.07) is 33.6. The maximum absolute atomic E-state index is 5.09. The summed E-state index contributed by atoms with van der Waals surface area (Å²) in [5, 5.41) is 6.77. The van der Waals surface area contributed by atoms with Gasteiger partial charge in [0.2, 0.25) is 0 Å². The summed E-state index contributed by atoms with van der Waals surface area (Å²) >= 11 is 0. The Kier molecular flexibility index (Phi) is 5.75. The fourth-order valence-corrected chi connectivity index (χ4v) is 5.47. The van der Waals surface area contributed by atoms with Crippen LogP contribution in [0.4, 0.5) is 5.82 Å². The number of piperazine rings is 1. The SMILES string of the molecule is c1ccc(C(c2ccc3ccccc3n2)N2CCN(c3ncnc4c3cnn4-c3ccccc3)CC2)cc1. The highest BCUT2D eigenvalue weighted by Crippen LogP contribution is 2.31. The molecule has 0 amide bonds. The highest BCUT2D eigenvalue weighted by molar-refractivity contribution is 5.87. The van der Waals surface area contributed by atoms with Crippen LogP contribution in [-0.2, 0) is 0 Å². The molecule has 0 bridgehead atoms. The maximum Gasteiger partial charge on any atom is 0.168 e. The molecule has 7 nitrogen and oxygen atoms in total. The van der Waals surface area contributed by atoms with Crippen LogP contribution < -0.4 is 4.90 Å². The molecule has 1 aliphatic heterocycles. The molecule has 0 N–H and O–H groups in total. The molecule has 38 heavy (non-hydrogen) atoms. The third kappa shape index (κ3) is 4.07. The molecule has 7 rings (SSSR count). The van der Waals surface area contributed by atoms with Gasteiger partial charge >= 0.3 is 0 Å². The molecular formula is C31H27N7. The fraction of sp³-hybridized carbons (Fsp3) is 0.161. The minimum atomic E-state index is 0.0919. The maximum atomic E-state index is 5.09. The van der Waals surface area contributed by atoms with Gasteiger partial charge in [-0.3, -0.25) is 9.88 Å². The van der Waals surface area contributed by atoms with Crippen molar-refractivity contribution < 1.29 is 0 Å². The van der Waals surface area contributed by atoms with Crippen LogP contribution >= 0.6 is 0 Å². The Hall–Kier alpha value is -4.62. The third-order valence-corrected chi connectivity index (χ3v) is 7.34. The first-order valence-electron chi connectivity index (χ1n) is 13.0. The molecule has 0 saturated carbocycles. The molecule has 7 heteroatoms. The highest BCUT2D eigenvalue weighted by Gasteiger charge is 2.29. The molecule has 4 heterocycles. The van der Waals surface area contributed by atoms with E-state index in [2.05, 4.69) is 91.6 Å². The number of aromatic nitrogens is 5. The first-order chi connectivity index (χ1) is 18.8. The van der Waals surface area contributed by atoms with Crippen LogP contribution in [0.3, 0.4) is 0 Å². The molecule has 3 aromatic carbocycles. The van der Waals surface area contributed by atoms with E-state index in [4.69, 9.17) is 4.98 Å². The van der Waals surface area contributed by atoms with E-state index in [1.54, 1.807) is 6.33 Å². The number of rotatable bonds is 5. The van der Waals surface area contributed by atoms with Crippen LogP contribution in [0.2, 0.25) is 0 Å². The van der Waals surface area contributed by atoms with Crippen molar-refractivity contribution in [3.05, 3.63) is 121 Å². The molecule has 0 spiro atoms. The zero-order valence-corrected chi connectivity index (χ0v) is 20.9. The van der Waals surface area contributed by atoms with Gasteiger partial charge in [0.05, 0.1) is 34.5 Å². The normalized spacial score (nSPS) is 15.2. The van der Waals surface area contributed by atoms with Gasteiger partial charge in [0.1, 0.15) is 12.1 Å². The van der Waals surface area contributed by atoms with Crippen molar-refractivity contribution in [3.63, 3.8) is 0 Å². The van der Waals surface area contributed by atoms with Crippen molar-refractivity contribution in [2.45, 2.75) is 6.04 Å². The second kappa shape index (κ2) is 9.68. The largest absolute Gasteiger partial charge is 0.353 e. The lowest BCUT2D eigenvalue weighted by molar-refractivity contribution is 0.209. The Morgan fingerprint density at radius 3 is 2.24 bits per heavy atom. The second-order valence-corrected chi connectivity index (χ2v) is 9.59. The number of hydrogen-bond donors (Lipinski definition) is 0. The Morgan fingerprint density at radius 2 is 1.42 bits per heavy atom. The molecule has 3 aromatic heterocycles. The number of para-hydroxylation sites is 2. The van der Waals surface area contributed by atoms with Gasteiger partial charge in [0.15, 0.2) is 5.65 Å². The van der Waals surface area contributed by atoms with Crippen LogP contribution in [0, 0.1) is 0 Å². The van der Waals surface area contributed by atoms with Crippen molar-refractivity contribution in [1.82, 2.24) is 29.6 Å². The molecule has 1 atom stereocenters. The summed E-state index contributed by atoms with van der Waals surface area (Å²) in [6.45, 7) is 3.51. The number of anilines is 1. The molecule has 1 fully saturated rings. The molecule has 0 radical (unpaired) electrons. The third-order valence-electron chi connectivity index (χ3n) is 7.34. The molecule has 1 aliphatic rings. The summed E-state index contributed by atoms with van der Waals surface area (Å²) in [5.41, 5.74) is 5.19. The average molecular weight is 498 g/mol. The summed E-state index contributed by atoms with van der Waals surface area (Å²) < 4.78 is 1.88. The van der Waals surface area contributed by atoms with Crippen molar-refractivity contribution in [1.29, 1.82) is 0 Å². The first-order valence-corrected chi connectivity index (χ1v) is 13.0. The summed E-state index contributed by atoms with van der Waals surface area (Å²) in [7, 11) is 0. The highest BCUT2D eigenvalue weighted by atomic mass is 15.3. The van der Waals surface area contributed by atoms with Crippen LogP contribution in [0.5, 0.6) is 0 Å². The minimum absolute atomic E-state index is 0.0919. The molecule has 0 aliphatic carbocycles. The van der Waals surface area contributed by atoms with E-state index < -0.39 is 0 Å². The van der Waals surface area contributed by atoms with Gasteiger partial charge in [-0.1, -0.05) is 72.8 Å². The predicted octanol–water partition coefficient (Wildman–Crippen LogP) is 5.28. The second-order valence-electron chi connectivity index (χ2n) is 9.59. The van der Waals surface area contributed by atoms with Gasteiger partial charge in [-0.05, 0) is 29.8 Å². The van der Waals surface area contributed by atoms with Crippen LogP contribution in [0.15, 0.2) is 110 Å². The van der Waals surface area contributed by atoms with E-state index in [-0.39, 0.29) is 6.04 Å². The standard InChI is InChI=1S/C31H27N7/c1-3-10-24(11-4-1)29(28-16-15-23-9-7-8-14-27(23)35-28)36-17-19-37(20-18-36)30-26-21-34-38(31(26)33-22-32-30)25-12-5-2-6-13-25/h1-16,21-22,29H,17-20H2. The van der Waals surface area contributed by atoms with E-state index in [0.29, 0.717) is 0 Å². The fourth-order valence-electron chi connectivity index (χ4n) is 5.47. The van der Waals surface area contributed by atoms with Crippen molar-refractivity contribution in [3.8, 4) is 5.69 Å². The Balaban J connectivity index is 1.18. The Labute approximate surface area is 221 Å². The number of pyridine rings is 1. The van der Waals surface area contributed by atoms with Gasteiger partial charge in [-0.15, -0.1) is 0 Å². The van der Waals surface area contributed by atoms with Crippen LogP contribution in [0.1, 0.15) is 17.3 Å². The van der Waals surface area contributed by atoms with Gasteiger partial charge in [-0.25, -0.2) is 14.6 Å². The Bertz CT molecular complexity index is 1690. The summed E-state index contributed by atoms with van der Waals surface area (Å²) in [4.78, 5) is 19.2. The van der Waals surface area contributed by atoms with E-state index >= 15 is 0 Å². The molecular weight excluding hydrogens is 470 g/mol. The van der Waals surface area contributed by atoms with Crippen LogP contribution in [-0.4, -0.2) is 55.8 Å². The minimum Gasteiger partial charge on any atom is -0.353 e. The van der Waals surface area contributed by atoms with Crippen molar-refractivity contribution in [2.24, 2.45) is 0 Å². The summed E-state index contributed by atoms with van der Waals surface area (Å²) in [5.74, 6) is 0.942. The zero-order chi connectivity index (χ0) is 25.3. The molecule has 1 unspecified atom stereocenters. The average Bonchev–Trinajstić information content (AvgIpc) is 3.43. The van der Waals surface area contributed by atoms with Crippen molar-refractivity contribution >= 4 is 27.8 Å². The smallest absolute Gasteiger partial charge is 0.168 e. The number of hydrogen-bond acceptors (Lipinski definition) is 6. The number of nitrogens with zero attached hydrogens (tertiary/aromatic N) is 7. The van der Waals surface area contributed by atoms with Gasteiger partial charge in [0.25, 0.3) is 0 Å². The molecule has 1 saturated heterocycles. The van der Waals surface area contributed by atoms with Gasteiger partial charge in [-0.2, -0.15) is 5.10 Å². The van der Waals surface area contributed by atoms with Gasteiger partial charge in [0, 0.05) is 31.6 Å².